The number of fused-ring (bicyclic) bond motifs is 1. The van der Waals surface area contributed by atoms with Crippen LogP contribution in [-0.2, 0) is 23.8 Å². The number of hydrogen-bond donors (Lipinski definition) is 0. The van der Waals surface area contributed by atoms with E-state index >= 15 is 0 Å². The first-order chi connectivity index (χ1) is 18.4. The summed E-state index contributed by atoms with van der Waals surface area (Å²) in [5, 5.41) is 3.87. The molecule has 0 unspecified atom stereocenters. The van der Waals surface area contributed by atoms with Gasteiger partial charge in [0.1, 0.15) is 6.10 Å². The number of Topliss-reactive ketones (excluding diaryl/α,β-unsaturated/α-hetero) is 1. The molecule has 6 heteroatoms. The van der Waals surface area contributed by atoms with Crippen LogP contribution in [0, 0.1) is 0 Å². The van der Waals surface area contributed by atoms with Crippen LogP contribution in [0.5, 0.6) is 0 Å². The maximum absolute atomic E-state index is 13.9. The van der Waals surface area contributed by atoms with Crippen molar-refractivity contribution in [2.45, 2.75) is 69.8 Å². The molecule has 1 fully saturated rings. The molecule has 0 amide bonds. The highest BCUT2D eigenvalue weighted by Crippen LogP contribution is 2.46. The fourth-order valence-electron chi connectivity index (χ4n) is 5.32. The predicted octanol–water partition coefficient (Wildman–Crippen LogP) is 9.37. The number of halogens is 3. The quantitative estimate of drug-likeness (QED) is 0.103. The number of aryl methyl sites for hydroxylation is 1. The van der Waals surface area contributed by atoms with Crippen LogP contribution in [0.4, 0.5) is 13.2 Å². The van der Waals surface area contributed by atoms with E-state index in [1.807, 2.05) is 36.4 Å². The number of epoxide rings is 1. The van der Waals surface area contributed by atoms with Gasteiger partial charge in [0.2, 0.25) is 0 Å². The fourth-order valence-corrected chi connectivity index (χ4v) is 6.07. The van der Waals surface area contributed by atoms with E-state index in [4.69, 9.17) is 4.74 Å². The van der Waals surface area contributed by atoms with Crippen molar-refractivity contribution in [3.05, 3.63) is 105 Å². The first-order valence-electron chi connectivity index (χ1n) is 13.3. The van der Waals surface area contributed by atoms with Crippen LogP contribution in [0.2, 0.25) is 0 Å². The summed E-state index contributed by atoms with van der Waals surface area (Å²) in [6, 6.07) is 21.6. The van der Waals surface area contributed by atoms with E-state index in [1.54, 1.807) is 23.5 Å². The topological polar surface area (TPSA) is 29.6 Å². The molecular weight excluding hydrogens is 505 g/mol. The highest BCUT2D eigenvalue weighted by Gasteiger charge is 2.48. The minimum atomic E-state index is -4.45. The van der Waals surface area contributed by atoms with Gasteiger partial charge >= 0.3 is 6.18 Å². The summed E-state index contributed by atoms with van der Waals surface area (Å²) >= 11 is 1.78. The van der Waals surface area contributed by atoms with Crippen molar-refractivity contribution in [3.8, 4) is 0 Å². The molecule has 5 rings (SSSR count). The number of alkyl halides is 3. The molecule has 0 spiro atoms. The lowest BCUT2D eigenvalue weighted by molar-refractivity contribution is -0.138. The third kappa shape index (κ3) is 6.19. The molecule has 198 valence electrons. The number of thiophene rings is 1. The third-order valence-electron chi connectivity index (χ3n) is 7.31. The second-order valence-corrected chi connectivity index (χ2v) is 11.0. The molecule has 0 bridgehead atoms. The largest absolute Gasteiger partial charge is 0.416 e. The van der Waals surface area contributed by atoms with Crippen molar-refractivity contribution in [1.82, 2.24) is 0 Å². The summed E-state index contributed by atoms with van der Waals surface area (Å²) in [7, 11) is 0. The molecule has 4 aromatic rings. The van der Waals surface area contributed by atoms with Crippen molar-refractivity contribution < 1.29 is 22.7 Å². The van der Waals surface area contributed by atoms with Crippen molar-refractivity contribution in [1.29, 1.82) is 0 Å². The molecule has 1 aliphatic rings. The Morgan fingerprint density at radius 1 is 0.789 bits per heavy atom. The maximum Gasteiger partial charge on any atom is 0.416 e. The SMILES string of the molecule is O=C(c1cccc2ccccc12)[C@@H]1O[C@H]1c1cccc(C(F)(F)F)c1CCCCCCCCc1cccs1. The van der Waals surface area contributed by atoms with Crippen molar-refractivity contribution in [2.75, 3.05) is 0 Å². The van der Waals surface area contributed by atoms with Crippen molar-refractivity contribution in [2.24, 2.45) is 0 Å². The molecule has 0 radical (unpaired) electrons. The van der Waals surface area contributed by atoms with Gasteiger partial charge in [0.15, 0.2) is 11.9 Å². The van der Waals surface area contributed by atoms with Gasteiger partial charge in [-0.2, -0.15) is 13.2 Å². The molecule has 1 saturated heterocycles. The van der Waals surface area contributed by atoms with Crippen LogP contribution in [0.25, 0.3) is 10.8 Å². The summed E-state index contributed by atoms with van der Waals surface area (Å²) in [4.78, 5) is 14.7. The third-order valence-corrected chi connectivity index (χ3v) is 8.25. The number of ether oxygens (including phenoxy) is 1. The summed E-state index contributed by atoms with van der Waals surface area (Å²) in [5.41, 5.74) is 0.700. The molecule has 2 nitrogen and oxygen atoms in total. The predicted molar refractivity (Wildman–Crippen MR) is 147 cm³/mol. The number of benzene rings is 3. The van der Waals surface area contributed by atoms with Crippen LogP contribution < -0.4 is 0 Å². The number of rotatable bonds is 12. The van der Waals surface area contributed by atoms with Gasteiger partial charge in [-0.3, -0.25) is 4.79 Å². The molecule has 38 heavy (non-hydrogen) atoms. The Labute approximate surface area is 225 Å². The highest BCUT2D eigenvalue weighted by molar-refractivity contribution is 7.09. The zero-order valence-electron chi connectivity index (χ0n) is 21.2. The van der Waals surface area contributed by atoms with E-state index in [9.17, 15) is 18.0 Å². The Hall–Kier alpha value is -2.96. The van der Waals surface area contributed by atoms with E-state index in [2.05, 4.69) is 17.5 Å². The number of carbonyl (C=O) groups is 1. The lowest BCUT2D eigenvalue weighted by Crippen LogP contribution is -2.13. The number of carbonyl (C=O) groups excluding carboxylic acids is 1. The molecule has 1 aromatic heterocycles. The molecule has 0 aliphatic carbocycles. The molecule has 3 aromatic carbocycles. The monoisotopic (exact) mass is 536 g/mol. The minimum Gasteiger partial charge on any atom is -0.356 e. The molecule has 2 atom stereocenters. The van der Waals surface area contributed by atoms with Crippen LogP contribution >= 0.6 is 11.3 Å². The van der Waals surface area contributed by atoms with Gasteiger partial charge in [-0.05, 0) is 65.1 Å². The fraction of sp³-hybridized carbons (Fsp3) is 0.344. The Kier molecular flexibility index (Phi) is 8.29. The second kappa shape index (κ2) is 11.8. The van der Waals surface area contributed by atoms with Gasteiger partial charge < -0.3 is 4.74 Å². The smallest absolute Gasteiger partial charge is 0.356 e. The lowest BCUT2D eigenvalue weighted by atomic mass is 9.91. The van der Waals surface area contributed by atoms with E-state index in [-0.39, 0.29) is 11.3 Å². The molecular formula is C32H31F3O2S. The zero-order chi connectivity index (χ0) is 26.5. The molecule has 0 N–H and O–H groups in total. The van der Waals surface area contributed by atoms with Crippen molar-refractivity contribution >= 4 is 27.9 Å². The normalized spacial score (nSPS) is 17.1. The van der Waals surface area contributed by atoms with E-state index in [0.717, 1.165) is 55.4 Å². The van der Waals surface area contributed by atoms with Gasteiger partial charge in [-0.1, -0.05) is 86.3 Å². The van der Waals surface area contributed by atoms with Gasteiger partial charge in [0.25, 0.3) is 0 Å². The van der Waals surface area contributed by atoms with Crippen LogP contribution in [-0.4, -0.2) is 11.9 Å². The van der Waals surface area contributed by atoms with Gasteiger partial charge in [0, 0.05) is 10.4 Å². The Morgan fingerprint density at radius 2 is 1.50 bits per heavy atom. The Bertz CT molecular complexity index is 1370. The van der Waals surface area contributed by atoms with Gasteiger partial charge in [-0.15, -0.1) is 11.3 Å². The van der Waals surface area contributed by atoms with Gasteiger partial charge in [-0.25, -0.2) is 0 Å². The highest BCUT2D eigenvalue weighted by atomic mass is 32.1. The molecule has 1 aliphatic heterocycles. The van der Waals surface area contributed by atoms with Crippen LogP contribution in [0.1, 0.15) is 76.6 Å². The second-order valence-electron chi connectivity index (χ2n) is 9.94. The average molecular weight is 537 g/mol. The average Bonchev–Trinajstić information content (AvgIpc) is 3.54. The minimum absolute atomic E-state index is 0.183. The van der Waals surface area contributed by atoms with E-state index in [0.29, 0.717) is 24.0 Å². The van der Waals surface area contributed by atoms with Crippen LogP contribution in [0.3, 0.4) is 0 Å². The maximum atomic E-state index is 13.9. The first-order valence-corrected chi connectivity index (χ1v) is 14.2. The standard InChI is InChI=1S/C32H31F3O2S/c33-32(34,35)28-20-10-19-27(25(28)17-6-4-2-1-3-5-14-23-15-11-21-38-23)30-31(37-30)29(36)26-18-9-13-22-12-7-8-16-24(22)26/h7-13,15-16,18-21,30-31H,1-6,14,17H2/t30-,31-/m0/s1. The summed E-state index contributed by atoms with van der Waals surface area (Å²) < 4.78 is 47.6. The van der Waals surface area contributed by atoms with E-state index < -0.39 is 23.9 Å². The van der Waals surface area contributed by atoms with Crippen LogP contribution in [0.15, 0.2) is 78.2 Å². The number of ketones is 1. The lowest BCUT2D eigenvalue weighted by Gasteiger charge is -2.16. The molecule has 0 saturated carbocycles. The summed E-state index contributed by atoms with van der Waals surface area (Å²) in [6.07, 6.45) is 1.52. The number of hydrogen-bond acceptors (Lipinski definition) is 3. The van der Waals surface area contributed by atoms with Crippen molar-refractivity contribution in [3.63, 3.8) is 0 Å². The summed E-state index contributed by atoms with van der Waals surface area (Å²) in [6.45, 7) is 0. The summed E-state index contributed by atoms with van der Waals surface area (Å²) in [5.74, 6) is -0.183. The van der Waals surface area contributed by atoms with Gasteiger partial charge in [0.05, 0.1) is 5.56 Å². The zero-order valence-corrected chi connectivity index (χ0v) is 22.0. The Morgan fingerprint density at radius 3 is 2.26 bits per heavy atom. The van der Waals surface area contributed by atoms with E-state index in [1.165, 1.54) is 10.9 Å². The number of unbranched alkanes of at least 4 members (excludes halogenated alkanes) is 5. The molecule has 2 heterocycles. The Balaban J connectivity index is 1.22. The first kappa shape index (κ1) is 26.6.